The van der Waals surface area contributed by atoms with Crippen LogP contribution in [0.25, 0.3) is 0 Å². The van der Waals surface area contributed by atoms with E-state index in [1.807, 2.05) is 18.2 Å². The molecule has 2 aromatic rings. The normalized spacial score (nSPS) is 12.2. The zero-order chi connectivity index (χ0) is 14.7. The van der Waals surface area contributed by atoms with Crippen molar-refractivity contribution in [2.75, 3.05) is 14.2 Å². The second kappa shape index (κ2) is 6.24. The second-order valence-electron chi connectivity index (χ2n) is 4.53. The molecular formula is C15H20N2O2S. The average Bonchev–Trinajstić information content (AvgIpc) is 2.86. The maximum Gasteiger partial charge on any atom is 0.122 e. The first kappa shape index (κ1) is 14.8. The van der Waals surface area contributed by atoms with Crippen molar-refractivity contribution >= 4 is 11.3 Å². The molecule has 5 heteroatoms. The van der Waals surface area contributed by atoms with Gasteiger partial charge in [0, 0.05) is 10.9 Å². The minimum Gasteiger partial charge on any atom is -0.497 e. The van der Waals surface area contributed by atoms with Gasteiger partial charge in [0.2, 0.25) is 0 Å². The maximum atomic E-state index is 6.34. The van der Waals surface area contributed by atoms with E-state index in [-0.39, 0.29) is 6.04 Å². The third kappa shape index (κ3) is 2.94. The molecule has 0 aliphatic carbocycles. The Kier molecular flexibility index (Phi) is 4.62. The fourth-order valence-electron chi connectivity index (χ4n) is 2.06. The summed E-state index contributed by atoms with van der Waals surface area (Å²) >= 11 is 1.65. The van der Waals surface area contributed by atoms with Crippen LogP contribution in [0.1, 0.15) is 34.1 Å². The first-order chi connectivity index (χ1) is 9.58. The number of aryl methyl sites for hydroxylation is 2. The van der Waals surface area contributed by atoms with E-state index in [2.05, 4.69) is 18.8 Å². The molecule has 0 aliphatic heterocycles. The monoisotopic (exact) mass is 292 g/mol. The van der Waals surface area contributed by atoms with Crippen LogP contribution in [0.4, 0.5) is 0 Å². The number of rotatable bonds is 5. The van der Waals surface area contributed by atoms with E-state index in [9.17, 15) is 0 Å². The van der Waals surface area contributed by atoms with Crippen LogP contribution in [0.2, 0.25) is 0 Å². The van der Waals surface area contributed by atoms with Crippen LogP contribution in [-0.4, -0.2) is 19.2 Å². The van der Waals surface area contributed by atoms with Gasteiger partial charge in [0.25, 0.3) is 0 Å². The quantitative estimate of drug-likeness (QED) is 0.920. The Hall–Kier alpha value is -1.59. The minimum atomic E-state index is -0.261. The van der Waals surface area contributed by atoms with E-state index in [1.54, 1.807) is 25.6 Å². The molecule has 20 heavy (non-hydrogen) atoms. The van der Waals surface area contributed by atoms with Gasteiger partial charge < -0.3 is 15.2 Å². The van der Waals surface area contributed by atoms with Crippen LogP contribution in [0, 0.1) is 6.92 Å². The van der Waals surface area contributed by atoms with Crippen molar-refractivity contribution in [2.45, 2.75) is 26.3 Å². The first-order valence-electron chi connectivity index (χ1n) is 6.53. The molecule has 1 unspecified atom stereocenters. The van der Waals surface area contributed by atoms with E-state index in [1.165, 1.54) is 4.88 Å². The Morgan fingerprint density at radius 3 is 2.25 bits per heavy atom. The highest BCUT2D eigenvalue weighted by Gasteiger charge is 2.17. The van der Waals surface area contributed by atoms with Crippen molar-refractivity contribution in [3.05, 3.63) is 39.3 Å². The van der Waals surface area contributed by atoms with Crippen molar-refractivity contribution in [1.29, 1.82) is 0 Å². The van der Waals surface area contributed by atoms with Crippen LogP contribution >= 0.6 is 11.3 Å². The Bertz CT molecular complexity index is 573. The predicted molar refractivity (Wildman–Crippen MR) is 81.8 cm³/mol. The summed E-state index contributed by atoms with van der Waals surface area (Å²) in [7, 11) is 3.26. The van der Waals surface area contributed by atoms with E-state index in [4.69, 9.17) is 15.2 Å². The number of aromatic nitrogens is 1. The average molecular weight is 292 g/mol. The minimum absolute atomic E-state index is 0.261. The van der Waals surface area contributed by atoms with Crippen LogP contribution in [0.15, 0.2) is 18.2 Å². The van der Waals surface area contributed by atoms with Gasteiger partial charge in [-0.2, -0.15) is 0 Å². The van der Waals surface area contributed by atoms with E-state index in [0.29, 0.717) is 0 Å². The molecule has 1 aromatic carbocycles. The molecule has 0 saturated carbocycles. The van der Waals surface area contributed by atoms with Gasteiger partial charge in [-0.15, -0.1) is 11.3 Å². The van der Waals surface area contributed by atoms with Gasteiger partial charge >= 0.3 is 0 Å². The molecule has 4 nitrogen and oxygen atoms in total. The van der Waals surface area contributed by atoms with Gasteiger partial charge in [0.15, 0.2) is 0 Å². The maximum absolute atomic E-state index is 6.34. The van der Waals surface area contributed by atoms with Crippen molar-refractivity contribution in [1.82, 2.24) is 4.98 Å². The van der Waals surface area contributed by atoms with Crippen molar-refractivity contribution in [3.8, 4) is 11.5 Å². The summed E-state index contributed by atoms with van der Waals surface area (Å²) in [6, 6.07) is 5.43. The smallest absolute Gasteiger partial charge is 0.122 e. The van der Waals surface area contributed by atoms with Gasteiger partial charge in [-0.1, -0.05) is 6.92 Å². The number of hydrogen-bond acceptors (Lipinski definition) is 5. The molecule has 0 bridgehead atoms. The molecule has 1 heterocycles. The van der Waals surface area contributed by atoms with Crippen LogP contribution in [0.5, 0.6) is 11.5 Å². The van der Waals surface area contributed by atoms with Crippen molar-refractivity contribution < 1.29 is 9.47 Å². The summed E-state index contributed by atoms with van der Waals surface area (Å²) in [5.74, 6) is 1.47. The Labute approximate surface area is 123 Å². The van der Waals surface area contributed by atoms with Crippen molar-refractivity contribution in [3.63, 3.8) is 0 Å². The fraction of sp³-hybridized carbons (Fsp3) is 0.400. The van der Waals surface area contributed by atoms with Crippen LogP contribution in [-0.2, 0) is 6.42 Å². The first-order valence-corrected chi connectivity index (χ1v) is 7.35. The number of nitrogens with two attached hydrogens (primary N) is 1. The van der Waals surface area contributed by atoms with Crippen LogP contribution in [0.3, 0.4) is 0 Å². The number of nitrogens with zero attached hydrogens (tertiary/aromatic N) is 1. The molecule has 2 N–H and O–H groups in total. The Morgan fingerprint density at radius 2 is 1.80 bits per heavy atom. The lowest BCUT2D eigenvalue weighted by atomic mass is 10.1. The number of thiazole rings is 1. The summed E-state index contributed by atoms with van der Waals surface area (Å²) in [5.41, 5.74) is 8.40. The topological polar surface area (TPSA) is 57.4 Å². The number of benzene rings is 1. The molecule has 0 spiro atoms. The molecule has 0 amide bonds. The summed E-state index contributed by atoms with van der Waals surface area (Å²) < 4.78 is 10.6. The highest BCUT2D eigenvalue weighted by molar-refractivity contribution is 7.11. The van der Waals surface area contributed by atoms with Gasteiger partial charge in [-0.25, -0.2) is 4.98 Å². The molecule has 1 aromatic heterocycles. The number of methoxy groups -OCH3 is 2. The Morgan fingerprint density at radius 1 is 1.20 bits per heavy atom. The summed E-state index contributed by atoms with van der Waals surface area (Å²) in [4.78, 5) is 5.86. The van der Waals surface area contributed by atoms with Gasteiger partial charge in [-0.05, 0) is 31.0 Å². The number of ether oxygens (including phenoxy) is 2. The standard InChI is InChI=1S/C15H20N2O2S/c1-5-13-9(2)20-15(17-13)14(16)10-6-11(18-3)8-12(7-10)19-4/h6-8,14H,5,16H2,1-4H3. The number of hydrogen-bond donors (Lipinski definition) is 1. The molecule has 0 aliphatic rings. The molecule has 2 rings (SSSR count). The highest BCUT2D eigenvalue weighted by atomic mass is 32.1. The largest absolute Gasteiger partial charge is 0.497 e. The summed E-state index contributed by atoms with van der Waals surface area (Å²) in [6.07, 6.45) is 0.927. The van der Waals surface area contributed by atoms with Crippen molar-refractivity contribution in [2.24, 2.45) is 5.73 Å². The molecule has 0 fully saturated rings. The fourth-order valence-corrected chi connectivity index (χ4v) is 3.10. The lowest BCUT2D eigenvalue weighted by Gasteiger charge is -2.12. The molecule has 1 atom stereocenters. The zero-order valence-electron chi connectivity index (χ0n) is 12.3. The summed E-state index contributed by atoms with van der Waals surface area (Å²) in [6.45, 7) is 4.19. The van der Waals surface area contributed by atoms with Gasteiger partial charge in [-0.3, -0.25) is 0 Å². The zero-order valence-corrected chi connectivity index (χ0v) is 13.1. The molecule has 108 valence electrons. The SMILES string of the molecule is CCc1nc(C(N)c2cc(OC)cc(OC)c2)sc1C. The third-order valence-electron chi connectivity index (χ3n) is 3.24. The van der Waals surface area contributed by atoms with Gasteiger partial charge in [0.05, 0.1) is 26.0 Å². The highest BCUT2D eigenvalue weighted by Crippen LogP contribution is 2.31. The van der Waals surface area contributed by atoms with E-state index < -0.39 is 0 Å². The lowest BCUT2D eigenvalue weighted by Crippen LogP contribution is -2.12. The summed E-state index contributed by atoms with van der Waals surface area (Å²) in [5, 5.41) is 0.926. The second-order valence-corrected chi connectivity index (χ2v) is 5.77. The van der Waals surface area contributed by atoms with Gasteiger partial charge in [0.1, 0.15) is 16.5 Å². The molecule has 0 saturated heterocycles. The molecule has 0 radical (unpaired) electrons. The predicted octanol–water partition coefficient (Wildman–Crippen LogP) is 3.08. The van der Waals surface area contributed by atoms with Crippen LogP contribution < -0.4 is 15.2 Å². The Balaban J connectivity index is 2.38. The van der Waals surface area contributed by atoms with E-state index in [0.717, 1.165) is 34.2 Å². The lowest BCUT2D eigenvalue weighted by molar-refractivity contribution is 0.393. The molecular weight excluding hydrogens is 272 g/mol. The third-order valence-corrected chi connectivity index (χ3v) is 4.34. The van der Waals surface area contributed by atoms with E-state index >= 15 is 0 Å².